The van der Waals surface area contributed by atoms with Gasteiger partial charge in [0.2, 0.25) is 0 Å². The number of anilines is 1. The third kappa shape index (κ3) is 3.55. The van der Waals surface area contributed by atoms with Crippen molar-refractivity contribution >= 4 is 23.2 Å². The number of amides is 1. The average molecular weight is 344 g/mol. The smallest absolute Gasteiger partial charge is 0.287 e. The lowest BCUT2D eigenvalue weighted by molar-refractivity contribution is 0.0901. The summed E-state index contributed by atoms with van der Waals surface area (Å²) in [5, 5.41) is 12.8. The Hall–Kier alpha value is -2.45. The average Bonchev–Trinajstić information content (AvgIpc) is 3.02. The van der Waals surface area contributed by atoms with Gasteiger partial charge >= 0.3 is 0 Å². The lowest BCUT2D eigenvalue weighted by Crippen LogP contribution is -2.44. The number of carbonyl (C=O) groups excluding carboxylic acids is 1. The van der Waals surface area contributed by atoms with Gasteiger partial charge in [0, 0.05) is 24.2 Å². The van der Waals surface area contributed by atoms with Crippen molar-refractivity contribution in [1.29, 1.82) is 5.26 Å². The second-order valence-corrected chi connectivity index (χ2v) is 6.35. The van der Waals surface area contributed by atoms with E-state index in [-0.39, 0.29) is 11.9 Å². The molecule has 1 saturated heterocycles. The molecule has 0 aliphatic carbocycles. The Kier molecular flexibility index (Phi) is 4.77. The maximum absolute atomic E-state index is 12.1. The molecule has 6 heteroatoms. The van der Waals surface area contributed by atoms with Gasteiger partial charge in [0.1, 0.15) is 11.8 Å². The minimum absolute atomic E-state index is 0.108. The largest absolute Gasteiger partial charge is 0.456 e. The van der Waals surface area contributed by atoms with Crippen molar-refractivity contribution < 1.29 is 9.21 Å². The van der Waals surface area contributed by atoms with E-state index in [1.807, 2.05) is 13.0 Å². The first kappa shape index (κ1) is 16.4. The van der Waals surface area contributed by atoms with Gasteiger partial charge in [0.05, 0.1) is 11.3 Å². The highest BCUT2D eigenvalue weighted by Gasteiger charge is 2.23. The van der Waals surface area contributed by atoms with E-state index >= 15 is 0 Å². The summed E-state index contributed by atoms with van der Waals surface area (Å²) in [6.45, 7) is 3.37. The summed E-state index contributed by atoms with van der Waals surface area (Å²) in [4.78, 5) is 14.3. The maximum atomic E-state index is 12.1. The van der Waals surface area contributed by atoms with E-state index in [1.165, 1.54) is 0 Å². The number of piperidine rings is 1. The molecule has 3 rings (SSSR count). The van der Waals surface area contributed by atoms with Crippen molar-refractivity contribution in [2.24, 2.45) is 0 Å². The summed E-state index contributed by atoms with van der Waals surface area (Å²) in [7, 11) is 0. The number of aryl methyl sites for hydroxylation is 1. The Morgan fingerprint density at radius 2 is 2.08 bits per heavy atom. The predicted octanol–water partition coefficient (Wildman–Crippen LogP) is 3.51. The molecular formula is C18H18ClN3O2. The first-order chi connectivity index (χ1) is 11.6. The first-order valence-electron chi connectivity index (χ1n) is 7.88. The minimum Gasteiger partial charge on any atom is -0.456 e. The summed E-state index contributed by atoms with van der Waals surface area (Å²) < 4.78 is 5.35. The number of rotatable bonds is 3. The van der Waals surface area contributed by atoms with Gasteiger partial charge in [-0.3, -0.25) is 4.79 Å². The first-order valence-corrected chi connectivity index (χ1v) is 8.26. The van der Waals surface area contributed by atoms with Gasteiger partial charge < -0.3 is 14.6 Å². The highest BCUT2D eigenvalue weighted by atomic mass is 35.5. The summed E-state index contributed by atoms with van der Waals surface area (Å²) in [6, 6.07) is 11.1. The molecule has 124 valence electrons. The molecule has 0 bridgehead atoms. The van der Waals surface area contributed by atoms with Crippen LogP contribution in [-0.2, 0) is 0 Å². The van der Waals surface area contributed by atoms with Crippen molar-refractivity contribution in [1.82, 2.24) is 5.32 Å². The van der Waals surface area contributed by atoms with Crippen molar-refractivity contribution in [3.05, 3.63) is 52.4 Å². The zero-order chi connectivity index (χ0) is 17.1. The highest BCUT2D eigenvalue weighted by molar-refractivity contribution is 6.30. The molecule has 1 aromatic carbocycles. The molecule has 1 fully saturated rings. The fourth-order valence-corrected chi connectivity index (χ4v) is 3.12. The third-order valence-electron chi connectivity index (χ3n) is 4.21. The fourth-order valence-electron chi connectivity index (χ4n) is 2.95. The lowest BCUT2D eigenvalue weighted by atomic mass is 10.0. The highest BCUT2D eigenvalue weighted by Crippen LogP contribution is 2.26. The topological polar surface area (TPSA) is 69.3 Å². The Morgan fingerprint density at radius 3 is 2.71 bits per heavy atom. The number of benzene rings is 1. The van der Waals surface area contributed by atoms with Crippen LogP contribution in [0.5, 0.6) is 0 Å². The van der Waals surface area contributed by atoms with E-state index in [4.69, 9.17) is 16.0 Å². The van der Waals surface area contributed by atoms with Gasteiger partial charge in [-0.1, -0.05) is 11.6 Å². The van der Waals surface area contributed by atoms with Crippen LogP contribution in [0.15, 0.2) is 34.7 Å². The van der Waals surface area contributed by atoms with Crippen molar-refractivity contribution in [2.75, 3.05) is 18.0 Å². The van der Waals surface area contributed by atoms with Crippen LogP contribution in [-0.4, -0.2) is 25.0 Å². The van der Waals surface area contributed by atoms with Crippen LogP contribution >= 0.6 is 11.6 Å². The van der Waals surface area contributed by atoms with Gasteiger partial charge in [0.15, 0.2) is 5.76 Å². The number of nitrogens with one attached hydrogen (secondary N) is 1. The van der Waals surface area contributed by atoms with E-state index < -0.39 is 0 Å². The number of halogens is 1. The zero-order valence-corrected chi connectivity index (χ0v) is 14.1. The summed E-state index contributed by atoms with van der Waals surface area (Å²) in [5.74, 6) is 0.895. The van der Waals surface area contributed by atoms with Crippen LogP contribution in [0.1, 0.15) is 34.7 Å². The molecule has 1 aromatic heterocycles. The minimum atomic E-state index is -0.175. The second kappa shape index (κ2) is 6.98. The second-order valence-electron chi connectivity index (χ2n) is 5.92. The number of carbonyl (C=O) groups is 1. The Morgan fingerprint density at radius 1 is 1.33 bits per heavy atom. The fraction of sp³-hybridized carbons (Fsp3) is 0.333. The molecular weight excluding hydrogens is 326 g/mol. The van der Waals surface area contributed by atoms with Crippen LogP contribution in [0.3, 0.4) is 0 Å². The number of furan rings is 1. The van der Waals surface area contributed by atoms with Gasteiger partial charge in [-0.05, 0) is 50.1 Å². The molecule has 0 saturated carbocycles. The molecule has 5 nitrogen and oxygen atoms in total. The van der Waals surface area contributed by atoms with E-state index in [2.05, 4.69) is 16.3 Å². The van der Waals surface area contributed by atoms with E-state index in [0.717, 1.165) is 37.4 Å². The molecule has 0 radical (unpaired) electrons. The SMILES string of the molecule is Cc1ccc(C(=O)NC2CCN(c3ccc(Cl)cc3C#N)CC2)o1. The van der Waals surface area contributed by atoms with Crippen molar-refractivity contribution in [2.45, 2.75) is 25.8 Å². The molecule has 2 aromatic rings. The summed E-state index contributed by atoms with van der Waals surface area (Å²) in [5.41, 5.74) is 1.48. The molecule has 1 aliphatic heterocycles. The standard InChI is InChI=1S/C18H18ClN3O2/c1-12-2-5-17(24-12)18(23)21-15-6-8-22(9-7-15)16-4-3-14(19)10-13(16)11-20/h2-5,10,15H,6-9H2,1H3,(H,21,23). The van der Waals surface area contributed by atoms with E-state index in [0.29, 0.717) is 16.3 Å². The molecule has 1 aliphatic rings. The monoisotopic (exact) mass is 343 g/mol. The lowest BCUT2D eigenvalue weighted by Gasteiger charge is -2.34. The van der Waals surface area contributed by atoms with Gasteiger partial charge in [0.25, 0.3) is 5.91 Å². The van der Waals surface area contributed by atoms with Crippen LogP contribution in [0.2, 0.25) is 5.02 Å². The molecule has 0 spiro atoms. The Balaban J connectivity index is 1.60. The summed E-state index contributed by atoms with van der Waals surface area (Å²) >= 11 is 5.95. The molecule has 1 amide bonds. The molecule has 1 N–H and O–H groups in total. The molecule has 2 heterocycles. The molecule has 24 heavy (non-hydrogen) atoms. The molecule has 0 atom stereocenters. The van der Waals surface area contributed by atoms with Crippen LogP contribution in [0.25, 0.3) is 0 Å². The Labute approximate surface area is 145 Å². The Bertz CT molecular complexity index is 786. The van der Waals surface area contributed by atoms with Crippen molar-refractivity contribution in [3.8, 4) is 6.07 Å². The number of nitriles is 1. The van der Waals surface area contributed by atoms with Gasteiger partial charge in [-0.15, -0.1) is 0 Å². The van der Waals surface area contributed by atoms with Crippen molar-refractivity contribution in [3.63, 3.8) is 0 Å². The zero-order valence-electron chi connectivity index (χ0n) is 13.4. The normalized spacial score (nSPS) is 15.1. The van der Waals surface area contributed by atoms with E-state index in [1.54, 1.807) is 24.3 Å². The van der Waals surface area contributed by atoms with Gasteiger partial charge in [-0.25, -0.2) is 0 Å². The quantitative estimate of drug-likeness (QED) is 0.925. The number of hydrogen-bond donors (Lipinski definition) is 1. The van der Waals surface area contributed by atoms with Crippen LogP contribution < -0.4 is 10.2 Å². The predicted molar refractivity (Wildman–Crippen MR) is 92.3 cm³/mol. The van der Waals surface area contributed by atoms with Crippen LogP contribution in [0, 0.1) is 18.3 Å². The maximum Gasteiger partial charge on any atom is 0.287 e. The number of nitrogens with zero attached hydrogens (tertiary/aromatic N) is 2. The van der Waals surface area contributed by atoms with E-state index in [9.17, 15) is 10.1 Å². The molecule has 0 unspecified atom stereocenters. The number of hydrogen-bond acceptors (Lipinski definition) is 4. The van der Waals surface area contributed by atoms with Crippen LogP contribution in [0.4, 0.5) is 5.69 Å². The van der Waals surface area contributed by atoms with Gasteiger partial charge in [-0.2, -0.15) is 5.26 Å². The third-order valence-corrected chi connectivity index (χ3v) is 4.45. The summed E-state index contributed by atoms with van der Waals surface area (Å²) in [6.07, 6.45) is 1.64.